The first kappa shape index (κ1) is 13.4. The summed E-state index contributed by atoms with van der Waals surface area (Å²) in [4.78, 5) is 14.8. The Hall–Kier alpha value is -0.610. The molecule has 1 spiro atoms. The first-order chi connectivity index (χ1) is 9.23. The highest BCUT2D eigenvalue weighted by Crippen LogP contribution is 2.58. The van der Waals surface area contributed by atoms with Gasteiger partial charge in [-0.2, -0.15) is 0 Å². The minimum Gasteiger partial charge on any atom is -0.352 e. The highest BCUT2D eigenvalue weighted by atomic mass is 16.2. The van der Waals surface area contributed by atoms with Crippen molar-refractivity contribution in [3.8, 4) is 0 Å². The van der Waals surface area contributed by atoms with E-state index in [-0.39, 0.29) is 0 Å². The largest absolute Gasteiger partial charge is 0.352 e. The van der Waals surface area contributed by atoms with Crippen LogP contribution in [0.25, 0.3) is 0 Å². The molecule has 3 aliphatic rings. The molecule has 4 heteroatoms. The zero-order chi connectivity index (χ0) is 13.3. The lowest BCUT2D eigenvalue weighted by molar-refractivity contribution is -0.124. The van der Waals surface area contributed by atoms with E-state index >= 15 is 0 Å². The van der Waals surface area contributed by atoms with Gasteiger partial charge in [-0.25, -0.2) is 0 Å². The van der Waals surface area contributed by atoms with E-state index < -0.39 is 0 Å². The molecular formula is C15H27N3O. The van der Waals surface area contributed by atoms with E-state index in [0.717, 1.165) is 39.0 Å². The van der Waals surface area contributed by atoms with Crippen molar-refractivity contribution in [2.45, 2.75) is 45.1 Å². The third-order valence-corrected chi connectivity index (χ3v) is 5.40. The van der Waals surface area contributed by atoms with Gasteiger partial charge >= 0.3 is 0 Å². The van der Waals surface area contributed by atoms with Crippen molar-refractivity contribution in [2.75, 3.05) is 32.7 Å². The Kier molecular flexibility index (Phi) is 3.81. The molecule has 2 atom stereocenters. The maximum absolute atomic E-state index is 12.4. The summed E-state index contributed by atoms with van der Waals surface area (Å²) in [6.45, 7) is 7.74. The molecule has 108 valence electrons. The molecule has 0 bridgehead atoms. The Morgan fingerprint density at radius 1 is 1.42 bits per heavy atom. The SMILES string of the molecule is CCN1CCCC(NC(=O)C2CC23CCNCC3)C1. The molecule has 2 saturated heterocycles. The van der Waals surface area contributed by atoms with Crippen molar-refractivity contribution < 1.29 is 4.79 Å². The van der Waals surface area contributed by atoms with Crippen molar-refractivity contribution >= 4 is 5.91 Å². The molecule has 0 aromatic carbocycles. The highest BCUT2D eigenvalue weighted by Gasteiger charge is 2.57. The minimum absolute atomic E-state index is 0.312. The number of hydrogen-bond acceptors (Lipinski definition) is 3. The molecule has 0 aromatic heterocycles. The van der Waals surface area contributed by atoms with E-state index in [1.807, 2.05) is 0 Å². The molecule has 0 radical (unpaired) electrons. The average molecular weight is 265 g/mol. The number of carbonyl (C=O) groups excluding carboxylic acids is 1. The lowest BCUT2D eigenvalue weighted by Crippen LogP contribution is -2.48. The van der Waals surface area contributed by atoms with Gasteiger partial charge in [0.2, 0.25) is 5.91 Å². The molecule has 4 nitrogen and oxygen atoms in total. The molecule has 2 heterocycles. The van der Waals surface area contributed by atoms with Crippen LogP contribution >= 0.6 is 0 Å². The van der Waals surface area contributed by atoms with Gasteiger partial charge in [0, 0.05) is 18.5 Å². The summed E-state index contributed by atoms with van der Waals surface area (Å²) in [5, 5.41) is 6.71. The standard InChI is InChI=1S/C15H27N3O/c1-2-18-9-3-4-12(11-18)17-14(19)13-10-15(13)5-7-16-8-6-15/h12-13,16H,2-11H2,1H3,(H,17,19). The van der Waals surface area contributed by atoms with E-state index in [0.29, 0.717) is 23.3 Å². The summed E-state index contributed by atoms with van der Waals surface area (Å²) in [6.07, 6.45) is 5.89. The number of rotatable bonds is 3. The van der Waals surface area contributed by atoms with Gasteiger partial charge in [-0.3, -0.25) is 4.79 Å². The highest BCUT2D eigenvalue weighted by molar-refractivity contribution is 5.82. The van der Waals surface area contributed by atoms with Gasteiger partial charge in [0.25, 0.3) is 0 Å². The molecule has 2 aliphatic heterocycles. The van der Waals surface area contributed by atoms with Crippen molar-refractivity contribution in [3.63, 3.8) is 0 Å². The van der Waals surface area contributed by atoms with Crippen LogP contribution in [0.4, 0.5) is 0 Å². The third kappa shape index (κ3) is 2.79. The Morgan fingerprint density at radius 3 is 2.95 bits per heavy atom. The molecule has 1 aliphatic carbocycles. The fraction of sp³-hybridized carbons (Fsp3) is 0.933. The van der Waals surface area contributed by atoms with E-state index in [9.17, 15) is 4.79 Å². The second kappa shape index (κ2) is 5.41. The van der Waals surface area contributed by atoms with Crippen LogP contribution in [0.3, 0.4) is 0 Å². The first-order valence-electron chi connectivity index (χ1n) is 7.97. The van der Waals surface area contributed by atoms with Crippen molar-refractivity contribution in [1.82, 2.24) is 15.5 Å². The number of likely N-dealkylation sites (tertiary alicyclic amines) is 1. The molecular weight excluding hydrogens is 238 g/mol. The van der Waals surface area contributed by atoms with Gasteiger partial charge in [-0.1, -0.05) is 6.92 Å². The van der Waals surface area contributed by atoms with Gasteiger partial charge in [0.05, 0.1) is 0 Å². The average Bonchev–Trinajstić information content (AvgIpc) is 3.13. The Labute approximate surface area is 116 Å². The number of piperidine rings is 2. The Morgan fingerprint density at radius 2 is 2.21 bits per heavy atom. The molecule has 3 fully saturated rings. The lowest BCUT2D eigenvalue weighted by atomic mass is 9.91. The van der Waals surface area contributed by atoms with E-state index in [1.54, 1.807) is 0 Å². The Balaban J connectivity index is 1.49. The molecule has 1 amide bonds. The maximum atomic E-state index is 12.4. The second-order valence-electron chi connectivity index (χ2n) is 6.61. The number of hydrogen-bond donors (Lipinski definition) is 2. The molecule has 2 N–H and O–H groups in total. The van der Waals surface area contributed by atoms with E-state index in [2.05, 4.69) is 22.5 Å². The fourth-order valence-corrected chi connectivity index (χ4v) is 3.96. The van der Waals surface area contributed by atoms with Crippen LogP contribution in [-0.2, 0) is 4.79 Å². The third-order valence-electron chi connectivity index (χ3n) is 5.40. The zero-order valence-electron chi connectivity index (χ0n) is 12.1. The van der Waals surface area contributed by atoms with Crippen LogP contribution in [0.2, 0.25) is 0 Å². The number of nitrogens with zero attached hydrogens (tertiary/aromatic N) is 1. The summed E-state index contributed by atoms with van der Waals surface area (Å²) in [5.41, 5.74) is 0.369. The van der Waals surface area contributed by atoms with Gasteiger partial charge in [0.15, 0.2) is 0 Å². The summed E-state index contributed by atoms with van der Waals surface area (Å²) < 4.78 is 0. The summed E-state index contributed by atoms with van der Waals surface area (Å²) >= 11 is 0. The van der Waals surface area contributed by atoms with Crippen molar-refractivity contribution in [2.24, 2.45) is 11.3 Å². The fourth-order valence-electron chi connectivity index (χ4n) is 3.96. The van der Waals surface area contributed by atoms with Crippen LogP contribution in [-0.4, -0.2) is 49.6 Å². The molecule has 0 aromatic rings. The van der Waals surface area contributed by atoms with Gasteiger partial charge in [-0.05, 0) is 63.7 Å². The number of amides is 1. The number of likely N-dealkylation sites (N-methyl/N-ethyl adjacent to an activating group) is 1. The first-order valence-corrected chi connectivity index (χ1v) is 7.97. The molecule has 19 heavy (non-hydrogen) atoms. The van der Waals surface area contributed by atoms with Gasteiger partial charge < -0.3 is 15.5 Å². The van der Waals surface area contributed by atoms with Crippen LogP contribution in [0.1, 0.15) is 39.0 Å². The number of nitrogens with one attached hydrogen (secondary N) is 2. The molecule has 2 unspecified atom stereocenters. The topological polar surface area (TPSA) is 44.4 Å². The van der Waals surface area contributed by atoms with Crippen LogP contribution in [0, 0.1) is 11.3 Å². The van der Waals surface area contributed by atoms with E-state index in [4.69, 9.17) is 0 Å². The van der Waals surface area contributed by atoms with Crippen LogP contribution in [0.15, 0.2) is 0 Å². The summed E-state index contributed by atoms with van der Waals surface area (Å²) in [7, 11) is 0. The second-order valence-corrected chi connectivity index (χ2v) is 6.61. The lowest BCUT2D eigenvalue weighted by Gasteiger charge is -2.32. The zero-order valence-corrected chi connectivity index (χ0v) is 12.1. The van der Waals surface area contributed by atoms with Gasteiger partial charge in [0.1, 0.15) is 0 Å². The molecule has 3 rings (SSSR count). The minimum atomic E-state index is 0.312. The quantitative estimate of drug-likeness (QED) is 0.799. The smallest absolute Gasteiger partial charge is 0.223 e. The molecule has 1 saturated carbocycles. The summed E-state index contributed by atoms with van der Waals surface area (Å²) in [5.74, 6) is 0.649. The number of carbonyl (C=O) groups is 1. The summed E-state index contributed by atoms with van der Waals surface area (Å²) in [6, 6.07) is 0.389. The monoisotopic (exact) mass is 265 g/mol. The maximum Gasteiger partial charge on any atom is 0.223 e. The van der Waals surface area contributed by atoms with Crippen molar-refractivity contribution in [1.29, 1.82) is 0 Å². The van der Waals surface area contributed by atoms with Gasteiger partial charge in [-0.15, -0.1) is 0 Å². The van der Waals surface area contributed by atoms with Crippen molar-refractivity contribution in [3.05, 3.63) is 0 Å². The van der Waals surface area contributed by atoms with E-state index in [1.165, 1.54) is 25.8 Å². The predicted molar refractivity (Wildman–Crippen MR) is 75.9 cm³/mol. The Bertz CT molecular complexity index is 338. The normalized spacial score (nSPS) is 34.2. The predicted octanol–water partition coefficient (Wildman–Crippen LogP) is 0.977. The van der Waals surface area contributed by atoms with Crippen LogP contribution in [0.5, 0.6) is 0 Å². The van der Waals surface area contributed by atoms with Crippen LogP contribution < -0.4 is 10.6 Å².